The summed E-state index contributed by atoms with van der Waals surface area (Å²) in [6.07, 6.45) is -3.97. The van der Waals surface area contributed by atoms with Crippen molar-refractivity contribution in [1.29, 1.82) is 0 Å². The van der Waals surface area contributed by atoms with Gasteiger partial charge in [0.1, 0.15) is 18.3 Å². The maximum atomic E-state index is 9.71. The van der Waals surface area contributed by atoms with E-state index < -0.39 is 81.4 Å². The van der Waals surface area contributed by atoms with Crippen LogP contribution in [-0.2, 0) is 27.3 Å². The molecule has 0 aliphatic carbocycles. The van der Waals surface area contributed by atoms with Gasteiger partial charge in [-0.15, -0.1) is 0 Å². The number of aliphatic hydroxyl groups is 6. The van der Waals surface area contributed by atoms with Gasteiger partial charge in [-0.3, -0.25) is 0 Å². The van der Waals surface area contributed by atoms with Crippen LogP contribution in [0.1, 0.15) is 0 Å². The molecule has 0 aromatic carbocycles. The van der Waals surface area contributed by atoms with Crippen molar-refractivity contribution in [2.45, 2.75) is 18.3 Å². The first-order valence-corrected chi connectivity index (χ1v) is 11.6. The summed E-state index contributed by atoms with van der Waals surface area (Å²) < 4.78 is 40.0. The van der Waals surface area contributed by atoms with Gasteiger partial charge in [0.25, 0.3) is 0 Å². The van der Waals surface area contributed by atoms with Crippen molar-refractivity contribution in [2.75, 3.05) is 39.6 Å². The second-order valence-corrected chi connectivity index (χ2v) is 8.20. The summed E-state index contributed by atoms with van der Waals surface area (Å²) in [7, 11) is -15.0. The maximum Gasteiger partial charge on any atom is 3.00 e. The number of phosphoric ester groups is 3. The van der Waals surface area contributed by atoms with E-state index in [-0.39, 0.29) is 83.5 Å². The molecule has 0 amide bonds. The van der Waals surface area contributed by atoms with Crippen LogP contribution >= 0.6 is 23.5 Å². The molecule has 6 N–H and O–H groups in total. The molecule has 0 saturated heterocycles. The Kier molecular flexibility index (Phi) is 33.9. The quantitative estimate of drug-likeness (QED) is 0.1000. The predicted molar refractivity (Wildman–Crippen MR) is 80.0 cm³/mol. The first-order valence-electron chi connectivity index (χ1n) is 7.23. The topological polar surface area (TPSA) is 339 Å². The van der Waals surface area contributed by atoms with E-state index in [1.54, 1.807) is 0 Å². The molecule has 18 nitrogen and oxygen atoms in total. The minimum atomic E-state index is -5.00. The van der Waals surface area contributed by atoms with Crippen molar-refractivity contribution in [3.8, 4) is 0 Å². The Hall–Kier alpha value is 2.84. The zero-order valence-electron chi connectivity index (χ0n) is 15.9. The fraction of sp³-hybridized carbons (Fsp3) is 1.00. The molecule has 2 radical (unpaired) electrons. The molecule has 0 rings (SSSR count). The Morgan fingerprint density at radius 2 is 0.688 bits per heavy atom. The SMILES string of the molecule is O=P([O-])([O-])OCC(O)CO.O=P([O-])([O-])OCC(O)CO.O=P([O-])([O-])OCC(O)CO.[Ce+3].[Ce+3]. The molecule has 3 unspecified atom stereocenters. The molecule has 0 spiro atoms. The number of hydrogen-bond acceptors (Lipinski definition) is 18. The predicted octanol–water partition coefficient (Wildman–Crippen LogP) is -8.45. The molecule has 0 aromatic rings. The van der Waals surface area contributed by atoms with E-state index >= 15 is 0 Å². The van der Waals surface area contributed by atoms with E-state index in [0.717, 1.165) is 0 Å². The van der Waals surface area contributed by atoms with Crippen molar-refractivity contribution in [3.63, 3.8) is 0 Å². The molecule has 0 bridgehead atoms. The number of rotatable bonds is 12. The first kappa shape index (κ1) is 44.8. The summed E-state index contributed by atoms with van der Waals surface area (Å²) >= 11 is 0. The Labute approximate surface area is 249 Å². The molecule has 0 heterocycles. The molecule has 23 heteroatoms. The van der Waals surface area contributed by atoms with Gasteiger partial charge < -0.3 is 87.3 Å². The molecule has 3 atom stereocenters. The van der Waals surface area contributed by atoms with E-state index in [1.165, 1.54) is 0 Å². The van der Waals surface area contributed by atoms with E-state index in [1.807, 2.05) is 0 Å². The standard InChI is InChI=1S/3C3H9O6P.2Ce/c3*4-1-3(5)2-9-10(6,7)8;;/h3*3-5H,1-2H2,(H2,6,7,8);;/q;;;2*+3/p-6. The molecule has 32 heavy (non-hydrogen) atoms. The van der Waals surface area contributed by atoms with Crippen molar-refractivity contribution in [3.05, 3.63) is 0 Å². The second-order valence-electron chi connectivity index (χ2n) is 4.74. The zero-order chi connectivity index (χ0) is 24.6. The molecule has 0 aliphatic heterocycles. The fourth-order valence-electron chi connectivity index (χ4n) is 0.690. The number of aliphatic hydroxyl groups excluding tert-OH is 6. The molecular formula is C9H21Ce2O18P3. The summed E-state index contributed by atoms with van der Waals surface area (Å²) in [5.74, 6) is 0. The largest absolute Gasteiger partial charge is 3.00 e. The summed E-state index contributed by atoms with van der Waals surface area (Å²) in [5, 5.41) is 49.7. The van der Waals surface area contributed by atoms with Crippen LogP contribution in [0.2, 0.25) is 0 Å². The van der Waals surface area contributed by atoms with E-state index in [4.69, 9.17) is 30.6 Å². The molecule has 0 aliphatic rings. The minimum absolute atomic E-state index is 0. The van der Waals surface area contributed by atoms with Gasteiger partial charge in [-0.2, -0.15) is 0 Å². The van der Waals surface area contributed by atoms with E-state index in [2.05, 4.69) is 13.6 Å². The van der Waals surface area contributed by atoms with Crippen LogP contribution in [-0.4, -0.2) is 88.6 Å². The van der Waals surface area contributed by atoms with Gasteiger partial charge >= 0.3 is 83.5 Å². The van der Waals surface area contributed by atoms with Crippen LogP contribution in [0.5, 0.6) is 0 Å². The van der Waals surface area contributed by atoms with E-state index in [0.29, 0.717) is 0 Å². The van der Waals surface area contributed by atoms with Gasteiger partial charge in [-0.25, -0.2) is 0 Å². The minimum Gasteiger partial charge on any atom is -0.790 e. The van der Waals surface area contributed by atoms with Crippen LogP contribution in [0.3, 0.4) is 0 Å². The fourth-order valence-corrected chi connectivity index (χ4v) is 1.75. The summed E-state index contributed by atoms with van der Waals surface area (Å²) in [6.45, 7) is -4.00. The molecule has 188 valence electrons. The van der Waals surface area contributed by atoms with Crippen molar-refractivity contribution >= 4 is 23.5 Å². The molecule has 0 fully saturated rings. The van der Waals surface area contributed by atoms with Crippen molar-refractivity contribution < 1.29 is 171 Å². The summed E-state index contributed by atoms with van der Waals surface area (Å²) in [6, 6.07) is 0. The number of phosphoric acid groups is 3. The van der Waals surface area contributed by atoms with Gasteiger partial charge in [0.15, 0.2) is 0 Å². The third-order valence-corrected chi connectivity index (χ3v) is 3.30. The van der Waals surface area contributed by atoms with Gasteiger partial charge in [-0.1, -0.05) is 0 Å². The molecule has 0 aromatic heterocycles. The Morgan fingerprint density at radius 3 is 0.781 bits per heavy atom. The van der Waals surface area contributed by atoms with Crippen molar-refractivity contribution in [2.24, 2.45) is 0 Å². The van der Waals surface area contributed by atoms with Crippen LogP contribution < -0.4 is 29.4 Å². The summed E-state index contributed by atoms with van der Waals surface area (Å²) in [4.78, 5) is 58.3. The molecular weight excluding hydrogens is 769 g/mol. The summed E-state index contributed by atoms with van der Waals surface area (Å²) in [5.41, 5.74) is 0. The Morgan fingerprint density at radius 1 is 0.531 bits per heavy atom. The van der Waals surface area contributed by atoms with Gasteiger partial charge in [0.2, 0.25) is 0 Å². The average Bonchev–Trinajstić information content (AvgIpc) is 2.61. The Bertz CT molecular complexity index is 474. The van der Waals surface area contributed by atoms with Crippen molar-refractivity contribution in [1.82, 2.24) is 0 Å². The number of hydrogen-bond donors (Lipinski definition) is 6. The third-order valence-electron chi connectivity index (χ3n) is 1.91. The van der Waals surface area contributed by atoms with Crippen LogP contribution in [0.25, 0.3) is 0 Å². The monoisotopic (exact) mass is 790 g/mol. The zero-order valence-corrected chi connectivity index (χ0v) is 24.9. The van der Waals surface area contributed by atoms with Gasteiger partial charge in [0, 0.05) is 0 Å². The van der Waals surface area contributed by atoms with E-state index in [9.17, 15) is 43.1 Å². The second kappa shape index (κ2) is 24.2. The molecule has 0 saturated carbocycles. The van der Waals surface area contributed by atoms with Crippen LogP contribution in [0.15, 0.2) is 0 Å². The average molecular weight is 790 g/mol. The Balaban J connectivity index is -0.000000110. The van der Waals surface area contributed by atoms with Crippen LogP contribution in [0.4, 0.5) is 0 Å². The first-order chi connectivity index (χ1) is 13.4. The van der Waals surface area contributed by atoms with Gasteiger partial charge in [-0.05, 0) is 0 Å². The third kappa shape index (κ3) is 46.2. The maximum absolute atomic E-state index is 9.71. The smallest absolute Gasteiger partial charge is 0.790 e. The van der Waals surface area contributed by atoms with Crippen LogP contribution in [0, 0.1) is 83.5 Å². The van der Waals surface area contributed by atoms with Gasteiger partial charge in [0.05, 0.1) is 63.1 Å². The normalized spacial score (nSPS) is 14.2.